The summed E-state index contributed by atoms with van der Waals surface area (Å²) in [5.41, 5.74) is 4.54. The van der Waals surface area contributed by atoms with Gasteiger partial charge in [-0.05, 0) is 70.5 Å². The van der Waals surface area contributed by atoms with Gasteiger partial charge in [-0.3, -0.25) is 9.48 Å². The second-order valence-electron chi connectivity index (χ2n) is 7.79. The molecule has 0 fully saturated rings. The number of benzene rings is 1. The van der Waals surface area contributed by atoms with Crippen molar-refractivity contribution in [2.75, 3.05) is 6.54 Å². The number of carbonyl (C=O) groups excluding carboxylic acids is 1. The Morgan fingerprint density at radius 2 is 1.90 bits per heavy atom. The van der Waals surface area contributed by atoms with E-state index in [0.717, 1.165) is 17.8 Å². The Balaban J connectivity index is 1.56. The minimum absolute atomic E-state index is 0.151. The van der Waals surface area contributed by atoms with E-state index in [4.69, 9.17) is 4.52 Å². The van der Waals surface area contributed by atoms with Gasteiger partial charge in [-0.15, -0.1) is 0 Å². The van der Waals surface area contributed by atoms with Crippen LogP contribution in [0.3, 0.4) is 0 Å². The van der Waals surface area contributed by atoms with E-state index in [9.17, 15) is 9.18 Å². The second-order valence-corrected chi connectivity index (χ2v) is 7.79. The summed E-state index contributed by atoms with van der Waals surface area (Å²) < 4.78 is 20.7. The van der Waals surface area contributed by atoms with Gasteiger partial charge < -0.3 is 9.84 Å². The van der Waals surface area contributed by atoms with Gasteiger partial charge in [0.15, 0.2) is 0 Å². The molecule has 1 atom stereocenters. The van der Waals surface area contributed by atoms with Crippen LogP contribution in [0.2, 0.25) is 0 Å². The lowest BCUT2D eigenvalue weighted by atomic mass is 10.0. The van der Waals surface area contributed by atoms with Crippen molar-refractivity contribution in [2.45, 2.75) is 40.2 Å². The number of amides is 1. The highest BCUT2D eigenvalue weighted by atomic mass is 19.1. The van der Waals surface area contributed by atoms with Crippen molar-refractivity contribution in [3.8, 4) is 11.3 Å². The van der Waals surface area contributed by atoms with E-state index < -0.39 is 0 Å². The lowest BCUT2D eigenvalue weighted by Crippen LogP contribution is -2.27. The van der Waals surface area contributed by atoms with E-state index >= 15 is 0 Å². The van der Waals surface area contributed by atoms with Crippen LogP contribution >= 0.6 is 0 Å². The fourth-order valence-electron chi connectivity index (χ4n) is 3.76. The van der Waals surface area contributed by atoms with Crippen LogP contribution in [0, 0.1) is 26.6 Å². The number of halogens is 1. The Bertz CT molecular complexity index is 1240. The first-order chi connectivity index (χ1) is 14.8. The Kier molecular flexibility index (Phi) is 5.54. The zero-order valence-electron chi connectivity index (χ0n) is 17.9. The van der Waals surface area contributed by atoms with Gasteiger partial charge in [-0.2, -0.15) is 5.10 Å². The summed E-state index contributed by atoms with van der Waals surface area (Å²) in [4.78, 5) is 17.4. The number of nitrogens with zero attached hydrogens (tertiary/aromatic N) is 4. The van der Waals surface area contributed by atoms with Crippen LogP contribution < -0.4 is 5.32 Å². The minimum Gasteiger partial charge on any atom is -0.352 e. The van der Waals surface area contributed by atoms with Gasteiger partial charge in [0.05, 0.1) is 22.7 Å². The largest absolute Gasteiger partial charge is 0.352 e. The van der Waals surface area contributed by atoms with E-state index in [0.29, 0.717) is 34.4 Å². The van der Waals surface area contributed by atoms with E-state index in [1.54, 1.807) is 25.1 Å². The first-order valence-electron chi connectivity index (χ1n) is 10.2. The van der Waals surface area contributed by atoms with Crippen LogP contribution in [-0.2, 0) is 0 Å². The SMILES string of the molecule is Cc1cc(C(=O)NCCC(C)n2nc(C)cc2C)c2c(-c3ccc(F)cc3)noc2n1. The van der Waals surface area contributed by atoms with Gasteiger partial charge in [0.1, 0.15) is 11.5 Å². The lowest BCUT2D eigenvalue weighted by Gasteiger charge is -2.15. The van der Waals surface area contributed by atoms with Crippen molar-refractivity contribution in [2.24, 2.45) is 0 Å². The Morgan fingerprint density at radius 3 is 2.58 bits per heavy atom. The molecule has 3 aromatic heterocycles. The van der Waals surface area contributed by atoms with Gasteiger partial charge in [0.2, 0.25) is 0 Å². The monoisotopic (exact) mass is 421 g/mol. The maximum atomic E-state index is 13.3. The van der Waals surface area contributed by atoms with Crippen molar-refractivity contribution >= 4 is 17.0 Å². The fourth-order valence-corrected chi connectivity index (χ4v) is 3.76. The van der Waals surface area contributed by atoms with Gasteiger partial charge in [0.25, 0.3) is 11.6 Å². The number of aromatic nitrogens is 4. The molecule has 1 unspecified atom stereocenters. The van der Waals surface area contributed by atoms with Crippen LogP contribution in [0.15, 0.2) is 40.9 Å². The molecule has 1 N–H and O–H groups in total. The second kappa shape index (κ2) is 8.29. The number of pyridine rings is 1. The highest BCUT2D eigenvalue weighted by Crippen LogP contribution is 2.30. The number of hydrogen-bond donors (Lipinski definition) is 1. The molecule has 31 heavy (non-hydrogen) atoms. The highest BCUT2D eigenvalue weighted by molar-refractivity contribution is 6.09. The number of aryl methyl sites for hydroxylation is 3. The lowest BCUT2D eigenvalue weighted by molar-refractivity contribution is 0.0953. The summed E-state index contributed by atoms with van der Waals surface area (Å²) in [7, 11) is 0. The first-order valence-corrected chi connectivity index (χ1v) is 10.2. The molecule has 160 valence electrons. The van der Waals surface area contributed by atoms with Crippen molar-refractivity contribution in [1.29, 1.82) is 0 Å². The molecule has 0 aliphatic heterocycles. The zero-order chi connectivity index (χ0) is 22.1. The molecule has 1 amide bonds. The molecular weight excluding hydrogens is 397 g/mol. The predicted octanol–water partition coefficient (Wildman–Crippen LogP) is 4.53. The molecule has 4 aromatic rings. The van der Waals surface area contributed by atoms with Crippen molar-refractivity contribution in [3.05, 3.63) is 64.9 Å². The van der Waals surface area contributed by atoms with Crippen molar-refractivity contribution in [1.82, 2.24) is 25.2 Å². The molecule has 4 rings (SSSR count). The van der Waals surface area contributed by atoms with E-state index in [2.05, 4.69) is 27.5 Å². The van der Waals surface area contributed by atoms with Crippen LogP contribution in [0.1, 0.15) is 46.8 Å². The molecule has 0 aliphatic rings. The maximum Gasteiger partial charge on any atom is 0.259 e. The van der Waals surface area contributed by atoms with Crippen LogP contribution in [0.5, 0.6) is 0 Å². The quantitative estimate of drug-likeness (QED) is 0.494. The smallest absolute Gasteiger partial charge is 0.259 e. The number of carbonyl (C=O) groups is 1. The number of hydrogen-bond acceptors (Lipinski definition) is 5. The van der Waals surface area contributed by atoms with Crippen molar-refractivity contribution < 1.29 is 13.7 Å². The summed E-state index contributed by atoms with van der Waals surface area (Å²) in [5.74, 6) is -0.581. The summed E-state index contributed by atoms with van der Waals surface area (Å²) in [6, 6.07) is 9.79. The molecule has 0 saturated carbocycles. The number of fused-ring (bicyclic) bond motifs is 1. The van der Waals surface area contributed by atoms with E-state index in [1.165, 1.54) is 12.1 Å². The van der Waals surface area contributed by atoms with Gasteiger partial charge in [-0.25, -0.2) is 9.37 Å². The van der Waals surface area contributed by atoms with Crippen LogP contribution in [0.4, 0.5) is 4.39 Å². The third kappa shape index (κ3) is 4.19. The van der Waals surface area contributed by atoms with Gasteiger partial charge in [-0.1, -0.05) is 5.16 Å². The molecule has 1 aromatic carbocycles. The van der Waals surface area contributed by atoms with Gasteiger partial charge >= 0.3 is 0 Å². The summed E-state index contributed by atoms with van der Waals surface area (Å²) in [6.07, 6.45) is 0.732. The summed E-state index contributed by atoms with van der Waals surface area (Å²) in [5, 5.41) is 12.1. The van der Waals surface area contributed by atoms with E-state index in [1.807, 2.05) is 24.6 Å². The molecule has 0 aliphatic carbocycles. The Morgan fingerprint density at radius 1 is 1.16 bits per heavy atom. The topological polar surface area (TPSA) is 85.8 Å². The Labute approximate surface area is 179 Å². The van der Waals surface area contributed by atoms with Crippen LogP contribution in [0.25, 0.3) is 22.4 Å². The normalized spacial score (nSPS) is 12.3. The molecule has 7 nitrogen and oxygen atoms in total. The molecule has 0 radical (unpaired) electrons. The number of rotatable bonds is 6. The van der Waals surface area contributed by atoms with Crippen molar-refractivity contribution in [3.63, 3.8) is 0 Å². The number of nitrogens with one attached hydrogen (secondary N) is 1. The minimum atomic E-state index is -0.347. The summed E-state index contributed by atoms with van der Waals surface area (Å²) >= 11 is 0. The van der Waals surface area contributed by atoms with E-state index in [-0.39, 0.29) is 23.5 Å². The average molecular weight is 421 g/mol. The fraction of sp³-hybridized carbons (Fsp3) is 0.304. The third-order valence-electron chi connectivity index (χ3n) is 5.25. The molecule has 0 spiro atoms. The molecular formula is C23H24FN5O2. The highest BCUT2D eigenvalue weighted by Gasteiger charge is 2.21. The Hall–Kier alpha value is -3.55. The summed E-state index contributed by atoms with van der Waals surface area (Å²) in [6.45, 7) is 8.34. The van der Waals surface area contributed by atoms with Gasteiger partial charge in [0, 0.05) is 23.5 Å². The molecule has 8 heteroatoms. The molecule has 3 heterocycles. The first kappa shape index (κ1) is 20.7. The predicted molar refractivity (Wildman–Crippen MR) is 115 cm³/mol. The third-order valence-corrected chi connectivity index (χ3v) is 5.25. The maximum absolute atomic E-state index is 13.3. The zero-order valence-corrected chi connectivity index (χ0v) is 17.9. The standard InChI is InChI=1S/C23H24FN5O2/c1-13-12-19(22(30)25-10-9-15(3)29-16(4)11-14(2)27-29)20-21(28-31-23(20)26-13)17-5-7-18(24)8-6-17/h5-8,11-12,15H,9-10H2,1-4H3,(H,25,30). The molecule has 0 saturated heterocycles. The molecule has 0 bridgehead atoms. The van der Waals surface area contributed by atoms with Crippen LogP contribution in [-0.4, -0.2) is 32.4 Å². The average Bonchev–Trinajstić information content (AvgIpc) is 3.30.